The van der Waals surface area contributed by atoms with Crippen molar-refractivity contribution in [1.29, 1.82) is 5.26 Å². The average molecular weight is 244 g/mol. The molecule has 18 heavy (non-hydrogen) atoms. The maximum atomic E-state index is 11.6. The van der Waals surface area contributed by atoms with E-state index in [9.17, 15) is 4.79 Å². The molecule has 0 amide bonds. The minimum Gasteiger partial charge on any atom is -0.375 e. The highest BCUT2D eigenvalue weighted by molar-refractivity contribution is 6.00. The summed E-state index contributed by atoms with van der Waals surface area (Å²) in [5.41, 5.74) is 2.09. The fraction of sp³-hybridized carbons (Fsp3) is 0.429. The molecule has 1 aromatic rings. The summed E-state index contributed by atoms with van der Waals surface area (Å²) in [6.45, 7) is 5.70. The average Bonchev–Trinajstić information content (AvgIpc) is 2.38. The molecule has 1 unspecified atom stereocenters. The van der Waals surface area contributed by atoms with Gasteiger partial charge in [0.2, 0.25) is 0 Å². The Bertz CT molecular complexity index is 505. The van der Waals surface area contributed by atoms with Crippen LogP contribution >= 0.6 is 0 Å². The summed E-state index contributed by atoms with van der Waals surface area (Å²) in [6.07, 6.45) is 0.143. The molecule has 0 spiro atoms. The monoisotopic (exact) mass is 244 g/mol. The molecule has 1 aliphatic rings. The zero-order valence-corrected chi connectivity index (χ0v) is 10.6. The molecule has 1 heterocycles. The molecule has 4 nitrogen and oxygen atoms in total. The van der Waals surface area contributed by atoms with Gasteiger partial charge in [-0.3, -0.25) is 4.79 Å². The van der Waals surface area contributed by atoms with E-state index in [1.807, 2.05) is 6.92 Å². The number of nitrogens with zero attached hydrogens (tertiary/aromatic N) is 2. The van der Waals surface area contributed by atoms with Crippen LogP contribution in [0.4, 0.5) is 5.69 Å². The third kappa shape index (κ3) is 2.52. The highest BCUT2D eigenvalue weighted by Crippen LogP contribution is 2.24. The first-order valence-corrected chi connectivity index (χ1v) is 6.03. The molecule has 4 heteroatoms. The highest BCUT2D eigenvalue weighted by atomic mass is 16.5. The van der Waals surface area contributed by atoms with Crippen molar-refractivity contribution >= 4 is 11.5 Å². The first-order chi connectivity index (χ1) is 8.61. The van der Waals surface area contributed by atoms with Crippen molar-refractivity contribution < 1.29 is 9.53 Å². The molecule has 94 valence electrons. The molecule has 1 fully saturated rings. The SMILES string of the molecule is CC(=O)c1ccc(C#N)cc1N1CCOC(C)C1. The van der Waals surface area contributed by atoms with Gasteiger partial charge in [0.05, 0.1) is 24.3 Å². The summed E-state index contributed by atoms with van der Waals surface area (Å²) in [4.78, 5) is 13.8. The number of hydrogen-bond acceptors (Lipinski definition) is 4. The number of ketones is 1. The van der Waals surface area contributed by atoms with E-state index in [-0.39, 0.29) is 11.9 Å². The van der Waals surface area contributed by atoms with Gasteiger partial charge in [-0.05, 0) is 32.0 Å². The van der Waals surface area contributed by atoms with E-state index in [1.165, 1.54) is 0 Å². The summed E-state index contributed by atoms with van der Waals surface area (Å²) < 4.78 is 5.49. The van der Waals surface area contributed by atoms with Gasteiger partial charge in [-0.1, -0.05) is 0 Å². The molecule has 0 aromatic heterocycles. The minimum absolute atomic E-state index is 0.0219. The number of nitriles is 1. The van der Waals surface area contributed by atoms with E-state index in [2.05, 4.69) is 11.0 Å². The second kappa shape index (κ2) is 5.19. The Morgan fingerprint density at radius 2 is 2.33 bits per heavy atom. The van der Waals surface area contributed by atoms with E-state index in [1.54, 1.807) is 25.1 Å². The van der Waals surface area contributed by atoms with Gasteiger partial charge >= 0.3 is 0 Å². The Morgan fingerprint density at radius 3 is 2.94 bits per heavy atom. The lowest BCUT2D eigenvalue weighted by atomic mass is 10.0. The van der Waals surface area contributed by atoms with Crippen LogP contribution < -0.4 is 4.90 Å². The molecule has 0 N–H and O–H groups in total. The quantitative estimate of drug-likeness (QED) is 0.746. The van der Waals surface area contributed by atoms with Gasteiger partial charge in [0.25, 0.3) is 0 Å². The van der Waals surface area contributed by atoms with E-state index in [0.29, 0.717) is 17.7 Å². The number of anilines is 1. The number of carbonyl (C=O) groups is 1. The van der Waals surface area contributed by atoms with Crippen molar-refractivity contribution in [2.75, 3.05) is 24.6 Å². The third-order valence-electron chi connectivity index (χ3n) is 3.09. The number of carbonyl (C=O) groups excluding carboxylic acids is 1. The Labute approximate surface area is 107 Å². The Hall–Kier alpha value is -1.86. The van der Waals surface area contributed by atoms with Crippen molar-refractivity contribution in [3.05, 3.63) is 29.3 Å². The molecule has 1 aliphatic heterocycles. The van der Waals surface area contributed by atoms with E-state index in [0.717, 1.165) is 18.8 Å². The van der Waals surface area contributed by atoms with Crippen LogP contribution in [0.5, 0.6) is 0 Å². The first-order valence-electron chi connectivity index (χ1n) is 6.03. The highest BCUT2D eigenvalue weighted by Gasteiger charge is 2.20. The van der Waals surface area contributed by atoms with Crippen LogP contribution in [0.2, 0.25) is 0 Å². The Morgan fingerprint density at radius 1 is 1.56 bits per heavy atom. The Kier molecular flexibility index (Phi) is 3.63. The van der Waals surface area contributed by atoms with Gasteiger partial charge < -0.3 is 9.64 Å². The fourth-order valence-corrected chi connectivity index (χ4v) is 2.20. The van der Waals surface area contributed by atoms with Crippen molar-refractivity contribution in [2.45, 2.75) is 20.0 Å². The smallest absolute Gasteiger partial charge is 0.161 e. The molecule has 0 aliphatic carbocycles. The van der Waals surface area contributed by atoms with Gasteiger partial charge in [-0.2, -0.15) is 5.26 Å². The lowest BCUT2D eigenvalue weighted by Gasteiger charge is -2.34. The van der Waals surface area contributed by atoms with Crippen LogP contribution in [-0.2, 0) is 4.74 Å². The van der Waals surface area contributed by atoms with Crippen LogP contribution in [0.25, 0.3) is 0 Å². The molecule has 0 bridgehead atoms. The van der Waals surface area contributed by atoms with Crippen molar-refractivity contribution in [3.63, 3.8) is 0 Å². The van der Waals surface area contributed by atoms with Crippen molar-refractivity contribution in [1.82, 2.24) is 0 Å². The van der Waals surface area contributed by atoms with E-state index >= 15 is 0 Å². The Balaban J connectivity index is 2.40. The summed E-state index contributed by atoms with van der Waals surface area (Å²) in [5, 5.41) is 8.96. The predicted octanol–water partition coefficient (Wildman–Crippen LogP) is 1.99. The van der Waals surface area contributed by atoms with Gasteiger partial charge in [-0.25, -0.2) is 0 Å². The minimum atomic E-state index is 0.0219. The molecule has 1 saturated heterocycles. The summed E-state index contributed by atoms with van der Waals surface area (Å²) in [5.74, 6) is 0.0219. The largest absolute Gasteiger partial charge is 0.375 e. The third-order valence-corrected chi connectivity index (χ3v) is 3.09. The number of ether oxygens (including phenoxy) is 1. The van der Waals surface area contributed by atoms with Gasteiger partial charge in [0, 0.05) is 24.3 Å². The maximum Gasteiger partial charge on any atom is 0.161 e. The van der Waals surface area contributed by atoms with Crippen LogP contribution in [-0.4, -0.2) is 31.6 Å². The van der Waals surface area contributed by atoms with E-state index in [4.69, 9.17) is 10.00 Å². The molecule has 2 rings (SSSR count). The number of morpholine rings is 1. The normalized spacial score (nSPS) is 19.4. The zero-order chi connectivity index (χ0) is 13.1. The second-order valence-electron chi connectivity index (χ2n) is 4.53. The van der Waals surface area contributed by atoms with Crippen molar-refractivity contribution in [3.8, 4) is 6.07 Å². The van der Waals surface area contributed by atoms with Crippen LogP contribution in [0.1, 0.15) is 29.8 Å². The van der Waals surface area contributed by atoms with Crippen LogP contribution in [0.15, 0.2) is 18.2 Å². The standard InChI is InChI=1S/C14H16N2O2/c1-10-9-16(5-6-18-10)14-7-12(8-15)3-4-13(14)11(2)17/h3-4,7,10H,5-6,9H2,1-2H3. The van der Waals surface area contributed by atoms with E-state index < -0.39 is 0 Å². The molecule has 1 atom stereocenters. The summed E-state index contributed by atoms with van der Waals surface area (Å²) in [6, 6.07) is 7.32. The molecular weight excluding hydrogens is 228 g/mol. The maximum absolute atomic E-state index is 11.6. The van der Waals surface area contributed by atoms with Gasteiger partial charge in [0.15, 0.2) is 5.78 Å². The molecule has 1 aromatic carbocycles. The zero-order valence-electron chi connectivity index (χ0n) is 10.6. The van der Waals surface area contributed by atoms with Crippen LogP contribution in [0, 0.1) is 11.3 Å². The number of hydrogen-bond donors (Lipinski definition) is 0. The topological polar surface area (TPSA) is 53.3 Å². The number of Topliss-reactive ketones (excluding diaryl/α,β-unsaturated/α-hetero) is 1. The molecule has 0 saturated carbocycles. The van der Waals surface area contributed by atoms with Gasteiger partial charge in [-0.15, -0.1) is 0 Å². The summed E-state index contributed by atoms with van der Waals surface area (Å²) in [7, 11) is 0. The lowest BCUT2D eigenvalue weighted by Crippen LogP contribution is -2.41. The number of rotatable bonds is 2. The lowest BCUT2D eigenvalue weighted by molar-refractivity contribution is 0.0531. The second-order valence-corrected chi connectivity index (χ2v) is 4.53. The molecular formula is C14H16N2O2. The predicted molar refractivity (Wildman–Crippen MR) is 68.8 cm³/mol. The summed E-state index contributed by atoms with van der Waals surface area (Å²) >= 11 is 0. The van der Waals surface area contributed by atoms with Crippen LogP contribution in [0.3, 0.4) is 0 Å². The van der Waals surface area contributed by atoms with Crippen molar-refractivity contribution in [2.24, 2.45) is 0 Å². The number of benzene rings is 1. The van der Waals surface area contributed by atoms with Gasteiger partial charge in [0.1, 0.15) is 0 Å². The fourth-order valence-electron chi connectivity index (χ4n) is 2.20. The first kappa shape index (κ1) is 12.6. The molecule has 0 radical (unpaired) electrons.